The van der Waals surface area contributed by atoms with Crippen molar-refractivity contribution >= 4 is 16.9 Å². The van der Waals surface area contributed by atoms with Gasteiger partial charge in [-0.2, -0.15) is 0 Å². The largest absolute Gasteiger partial charge is 0.393 e. The number of amides is 1. The van der Waals surface area contributed by atoms with Crippen LogP contribution in [0.4, 0.5) is 0 Å². The van der Waals surface area contributed by atoms with Crippen molar-refractivity contribution in [1.29, 1.82) is 0 Å². The molecule has 1 aromatic carbocycles. The number of aliphatic hydroxyl groups excluding tert-OH is 1. The summed E-state index contributed by atoms with van der Waals surface area (Å²) in [7, 11) is 0. The minimum atomic E-state index is -0.446. The summed E-state index contributed by atoms with van der Waals surface area (Å²) >= 11 is 0. The molecule has 0 radical (unpaired) electrons. The summed E-state index contributed by atoms with van der Waals surface area (Å²) in [6, 6.07) is 7.29. The summed E-state index contributed by atoms with van der Waals surface area (Å²) < 4.78 is 0. The first-order chi connectivity index (χ1) is 9.06. The Balaban J connectivity index is 2.13. The Morgan fingerprint density at radius 3 is 2.68 bits per heavy atom. The molecule has 1 aromatic heterocycles. The summed E-state index contributed by atoms with van der Waals surface area (Å²) in [5.74, 6) is -0.272. The molecule has 2 atom stereocenters. The Morgan fingerprint density at radius 2 is 2.00 bits per heavy atom. The topological polar surface area (TPSA) is 75.1 Å². The van der Waals surface area contributed by atoms with E-state index in [-0.39, 0.29) is 17.6 Å². The minimum absolute atomic E-state index is 0.110. The molecule has 0 aliphatic rings. The van der Waals surface area contributed by atoms with E-state index in [9.17, 15) is 9.90 Å². The van der Waals surface area contributed by atoms with Gasteiger partial charge in [-0.15, -0.1) is 0 Å². The number of hydrogen-bond acceptors (Lipinski definition) is 4. The van der Waals surface area contributed by atoms with Crippen molar-refractivity contribution in [2.75, 3.05) is 0 Å². The van der Waals surface area contributed by atoms with Gasteiger partial charge in [0.25, 0.3) is 5.91 Å². The van der Waals surface area contributed by atoms with Gasteiger partial charge in [0, 0.05) is 6.04 Å². The summed E-state index contributed by atoms with van der Waals surface area (Å²) in [5.41, 5.74) is 1.74. The lowest BCUT2D eigenvalue weighted by molar-refractivity contribution is 0.0918. The van der Waals surface area contributed by atoms with Gasteiger partial charge in [-0.3, -0.25) is 9.78 Å². The monoisotopic (exact) mass is 259 g/mol. The third-order valence-corrected chi connectivity index (χ3v) is 2.75. The van der Waals surface area contributed by atoms with E-state index in [0.717, 1.165) is 5.52 Å². The normalized spacial score (nSPS) is 14.1. The van der Waals surface area contributed by atoms with Crippen LogP contribution in [0.1, 0.15) is 30.8 Å². The van der Waals surface area contributed by atoms with E-state index in [2.05, 4.69) is 15.3 Å². The van der Waals surface area contributed by atoms with E-state index < -0.39 is 6.10 Å². The van der Waals surface area contributed by atoms with Gasteiger partial charge in [0.1, 0.15) is 5.69 Å². The maximum atomic E-state index is 12.0. The molecule has 0 spiro atoms. The van der Waals surface area contributed by atoms with Crippen molar-refractivity contribution in [3.05, 3.63) is 36.2 Å². The molecule has 5 nitrogen and oxygen atoms in total. The van der Waals surface area contributed by atoms with Crippen molar-refractivity contribution < 1.29 is 9.90 Å². The zero-order chi connectivity index (χ0) is 13.8. The van der Waals surface area contributed by atoms with E-state index in [0.29, 0.717) is 11.9 Å². The van der Waals surface area contributed by atoms with Crippen molar-refractivity contribution in [3.63, 3.8) is 0 Å². The predicted octanol–water partition coefficient (Wildman–Crippen LogP) is 1.52. The molecule has 19 heavy (non-hydrogen) atoms. The fourth-order valence-corrected chi connectivity index (χ4v) is 1.93. The van der Waals surface area contributed by atoms with Gasteiger partial charge in [-0.25, -0.2) is 4.98 Å². The minimum Gasteiger partial charge on any atom is -0.393 e. The van der Waals surface area contributed by atoms with Crippen LogP contribution >= 0.6 is 0 Å². The lowest BCUT2D eigenvalue weighted by atomic mass is 10.1. The van der Waals surface area contributed by atoms with Gasteiger partial charge in [-0.1, -0.05) is 12.1 Å². The molecule has 0 aliphatic carbocycles. The van der Waals surface area contributed by atoms with E-state index in [1.165, 1.54) is 6.20 Å². The van der Waals surface area contributed by atoms with E-state index >= 15 is 0 Å². The number of para-hydroxylation sites is 2. The summed E-state index contributed by atoms with van der Waals surface area (Å²) in [6.45, 7) is 3.54. The van der Waals surface area contributed by atoms with Crippen LogP contribution in [0, 0.1) is 0 Å². The highest BCUT2D eigenvalue weighted by atomic mass is 16.3. The Morgan fingerprint density at radius 1 is 1.32 bits per heavy atom. The molecule has 1 amide bonds. The van der Waals surface area contributed by atoms with E-state index in [1.807, 2.05) is 31.2 Å². The third kappa shape index (κ3) is 3.48. The second-order valence-corrected chi connectivity index (χ2v) is 4.70. The van der Waals surface area contributed by atoms with Crippen LogP contribution in [0.2, 0.25) is 0 Å². The maximum Gasteiger partial charge on any atom is 0.271 e. The number of fused-ring (bicyclic) bond motifs is 1. The van der Waals surface area contributed by atoms with Gasteiger partial charge in [0.15, 0.2) is 0 Å². The van der Waals surface area contributed by atoms with Crippen LogP contribution in [-0.2, 0) is 0 Å². The second kappa shape index (κ2) is 5.75. The average Bonchev–Trinajstić information content (AvgIpc) is 2.37. The van der Waals surface area contributed by atoms with Crippen molar-refractivity contribution in [1.82, 2.24) is 15.3 Å². The quantitative estimate of drug-likeness (QED) is 0.873. The Hall–Kier alpha value is -2.01. The van der Waals surface area contributed by atoms with Crippen molar-refractivity contribution in [2.24, 2.45) is 0 Å². The van der Waals surface area contributed by atoms with Gasteiger partial charge >= 0.3 is 0 Å². The van der Waals surface area contributed by atoms with Gasteiger partial charge < -0.3 is 10.4 Å². The van der Waals surface area contributed by atoms with Gasteiger partial charge in [0.05, 0.1) is 23.3 Å². The molecule has 0 fully saturated rings. The Bertz CT molecular complexity index is 584. The number of aliphatic hydroxyl groups is 1. The number of carbonyl (C=O) groups excluding carboxylic acids is 1. The molecule has 2 aromatic rings. The van der Waals surface area contributed by atoms with Crippen LogP contribution < -0.4 is 5.32 Å². The standard InChI is InChI=1S/C14H17N3O2/c1-9(7-10(2)18)16-14(19)13-8-15-11-5-3-4-6-12(11)17-13/h3-6,8-10,18H,7H2,1-2H3,(H,16,19). The molecule has 2 rings (SSSR count). The molecule has 100 valence electrons. The van der Waals surface area contributed by atoms with Gasteiger partial charge in [0.2, 0.25) is 0 Å². The fourth-order valence-electron chi connectivity index (χ4n) is 1.93. The summed E-state index contributed by atoms with van der Waals surface area (Å²) in [4.78, 5) is 20.5. The highest BCUT2D eigenvalue weighted by Gasteiger charge is 2.13. The number of benzene rings is 1. The Labute approximate surface area is 111 Å². The van der Waals surface area contributed by atoms with Crippen LogP contribution in [-0.4, -0.2) is 33.1 Å². The molecule has 2 unspecified atom stereocenters. The Kier molecular flexibility index (Phi) is 4.06. The molecule has 5 heteroatoms. The molecule has 1 heterocycles. The molecule has 0 bridgehead atoms. The van der Waals surface area contributed by atoms with Crippen LogP contribution in [0.5, 0.6) is 0 Å². The summed E-state index contributed by atoms with van der Waals surface area (Å²) in [5, 5.41) is 12.1. The van der Waals surface area contributed by atoms with E-state index in [4.69, 9.17) is 0 Å². The van der Waals surface area contributed by atoms with Crippen molar-refractivity contribution in [2.45, 2.75) is 32.4 Å². The average molecular weight is 259 g/mol. The number of carbonyl (C=O) groups is 1. The zero-order valence-electron chi connectivity index (χ0n) is 11.0. The molecule has 0 aliphatic heterocycles. The van der Waals surface area contributed by atoms with Crippen molar-refractivity contribution in [3.8, 4) is 0 Å². The lowest BCUT2D eigenvalue weighted by Gasteiger charge is -2.14. The molecular weight excluding hydrogens is 242 g/mol. The van der Waals surface area contributed by atoms with Crippen LogP contribution in [0.25, 0.3) is 11.0 Å². The fraction of sp³-hybridized carbons (Fsp3) is 0.357. The number of nitrogens with zero attached hydrogens (tertiary/aromatic N) is 2. The van der Waals surface area contributed by atoms with E-state index in [1.54, 1.807) is 6.92 Å². The third-order valence-electron chi connectivity index (χ3n) is 2.75. The SMILES string of the molecule is CC(O)CC(C)NC(=O)c1cnc2ccccc2n1. The molecule has 0 saturated carbocycles. The van der Waals surface area contributed by atoms with Crippen LogP contribution in [0.15, 0.2) is 30.5 Å². The molecule has 0 saturated heterocycles. The molecule has 2 N–H and O–H groups in total. The smallest absolute Gasteiger partial charge is 0.271 e. The lowest BCUT2D eigenvalue weighted by Crippen LogP contribution is -2.35. The number of nitrogens with one attached hydrogen (secondary N) is 1. The number of rotatable bonds is 4. The maximum absolute atomic E-state index is 12.0. The van der Waals surface area contributed by atoms with Gasteiger partial charge in [-0.05, 0) is 32.4 Å². The first-order valence-corrected chi connectivity index (χ1v) is 6.27. The zero-order valence-corrected chi connectivity index (χ0v) is 11.0. The summed E-state index contributed by atoms with van der Waals surface area (Å²) in [6.07, 6.45) is 1.53. The predicted molar refractivity (Wildman–Crippen MR) is 72.8 cm³/mol. The first-order valence-electron chi connectivity index (χ1n) is 6.27. The molecular formula is C14H17N3O2. The number of aromatic nitrogens is 2. The van der Waals surface area contributed by atoms with Crippen LogP contribution in [0.3, 0.4) is 0 Å². The first kappa shape index (κ1) is 13.4. The highest BCUT2D eigenvalue weighted by molar-refractivity contribution is 5.93. The number of hydrogen-bond donors (Lipinski definition) is 2. The highest BCUT2D eigenvalue weighted by Crippen LogP contribution is 2.08. The second-order valence-electron chi connectivity index (χ2n) is 4.70.